The van der Waals surface area contributed by atoms with Gasteiger partial charge in [0.15, 0.2) is 11.6 Å². The van der Waals surface area contributed by atoms with Gasteiger partial charge in [-0.2, -0.15) is 5.10 Å². The van der Waals surface area contributed by atoms with Crippen LogP contribution in [-0.4, -0.2) is 35.3 Å². The van der Waals surface area contributed by atoms with Crippen LogP contribution in [-0.2, 0) is 6.67 Å². The molecule has 0 radical (unpaired) electrons. The number of nitrogens with one attached hydrogen (secondary N) is 4. The standard InChI is InChI=1S/C24H17FN8O/c25-12-15-13(8-9-18-21(15)24(34)33-31-18)22-27-19(17-7-3-4-10-26-17)11-20(28-22)29-23-14-5-1-2-6-16(14)30-32-23/h1-11H,12H2,(H2,31,33,34)(H2,27,28,29,30,32). The molecule has 166 valence electrons. The fourth-order valence-electron chi connectivity index (χ4n) is 4.00. The van der Waals surface area contributed by atoms with Crippen LogP contribution in [0.15, 0.2) is 71.7 Å². The van der Waals surface area contributed by atoms with Gasteiger partial charge >= 0.3 is 0 Å². The molecule has 0 aliphatic rings. The Kier molecular flexibility index (Phi) is 4.61. The fraction of sp³-hybridized carbons (Fsp3) is 0.0417. The third kappa shape index (κ3) is 3.28. The number of pyridine rings is 1. The van der Waals surface area contributed by atoms with Gasteiger partial charge in [0.2, 0.25) is 0 Å². The van der Waals surface area contributed by atoms with Crippen molar-refractivity contribution in [1.82, 2.24) is 35.3 Å². The second-order valence-electron chi connectivity index (χ2n) is 7.65. The Hall–Kier alpha value is -4.86. The van der Waals surface area contributed by atoms with Gasteiger partial charge in [-0.1, -0.05) is 18.2 Å². The van der Waals surface area contributed by atoms with Gasteiger partial charge in [-0.15, -0.1) is 0 Å². The second kappa shape index (κ2) is 7.93. The van der Waals surface area contributed by atoms with E-state index in [1.54, 1.807) is 24.4 Å². The van der Waals surface area contributed by atoms with Crippen LogP contribution >= 0.6 is 0 Å². The molecule has 0 saturated heterocycles. The van der Waals surface area contributed by atoms with E-state index in [1.165, 1.54) is 0 Å². The van der Waals surface area contributed by atoms with E-state index in [2.05, 4.69) is 40.7 Å². The van der Waals surface area contributed by atoms with Crippen LogP contribution in [0.3, 0.4) is 0 Å². The fourth-order valence-corrected chi connectivity index (χ4v) is 4.00. The summed E-state index contributed by atoms with van der Waals surface area (Å²) in [6.45, 7) is -0.850. The molecule has 9 nitrogen and oxygen atoms in total. The van der Waals surface area contributed by atoms with Gasteiger partial charge in [-0.3, -0.25) is 25.1 Å². The number of rotatable bonds is 5. The van der Waals surface area contributed by atoms with Crippen molar-refractivity contribution in [2.45, 2.75) is 6.67 Å². The third-order valence-corrected chi connectivity index (χ3v) is 5.60. The summed E-state index contributed by atoms with van der Waals surface area (Å²) in [5.41, 5.74) is 2.81. The molecule has 4 N–H and O–H groups in total. The topological polar surface area (TPSA) is 128 Å². The number of benzene rings is 2. The summed E-state index contributed by atoms with van der Waals surface area (Å²) >= 11 is 0. The number of anilines is 2. The molecule has 0 unspecified atom stereocenters. The molecular weight excluding hydrogens is 435 g/mol. The van der Waals surface area contributed by atoms with Gasteiger partial charge in [-0.25, -0.2) is 14.4 Å². The molecule has 0 fully saturated rings. The van der Waals surface area contributed by atoms with E-state index in [4.69, 9.17) is 0 Å². The Morgan fingerprint density at radius 3 is 2.65 bits per heavy atom. The molecule has 4 heterocycles. The van der Waals surface area contributed by atoms with Gasteiger partial charge < -0.3 is 5.32 Å². The number of aromatic amines is 3. The van der Waals surface area contributed by atoms with Crippen molar-refractivity contribution in [2.24, 2.45) is 0 Å². The molecule has 0 bridgehead atoms. The minimum absolute atomic E-state index is 0.217. The SMILES string of the molecule is O=c1[nH][nH]c2ccc(-c3nc(Nc4n[nH]c5ccccc45)cc(-c4ccccn4)n3)c(CF)c12. The summed E-state index contributed by atoms with van der Waals surface area (Å²) in [7, 11) is 0. The van der Waals surface area contributed by atoms with Crippen molar-refractivity contribution < 1.29 is 4.39 Å². The number of para-hydroxylation sites is 1. The van der Waals surface area contributed by atoms with Gasteiger partial charge in [0.1, 0.15) is 12.5 Å². The number of H-pyrrole nitrogens is 3. The van der Waals surface area contributed by atoms with E-state index in [0.29, 0.717) is 34.1 Å². The average molecular weight is 452 g/mol. The smallest absolute Gasteiger partial charge is 0.272 e. The van der Waals surface area contributed by atoms with E-state index >= 15 is 0 Å². The van der Waals surface area contributed by atoms with Crippen LogP contribution in [0.25, 0.3) is 44.6 Å². The van der Waals surface area contributed by atoms with Gasteiger partial charge in [0.25, 0.3) is 5.56 Å². The molecular formula is C24H17FN8O. The van der Waals surface area contributed by atoms with Crippen LogP contribution in [0.5, 0.6) is 0 Å². The van der Waals surface area contributed by atoms with Crippen molar-refractivity contribution in [2.75, 3.05) is 5.32 Å². The van der Waals surface area contributed by atoms with Gasteiger partial charge in [-0.05, 0) is 36.4 Å². The number of hydrogen-bond acceptors (Lipinski definition) is 6. The number of halogens is 1. The second-order valence-corrected chi connectivity index (χ2v) is 7.65. The summed E-state index contributed by atoms with van der Waals surface area (Å²) in [4.78, 5) is 26.0. The predicted octanol–water partition coefficient (Wildman–Crippen LogP) is 4.46. The molecule has 0 atom stereocenters. The first-order valence-corrected chi connectivity index (χ1v) is 10.5. The van der Waals surface area contributed by atoms with Crippen molar-refractivity contribution >= 4 is 33.4 Å². The zero-order valence-corrected chi connectivity index (χ0v) is 17.6. The summed E-state index contributed by atoms with van der Waals surface area (Å²) in [5.74, 6) is 1.31. The van der Waals surface area contributed by atoms with E-state index < -0.39 is 12.2 Å². The summed E-state index contributed by atoms with van der Waals surface area (Å²) < 4.78 is 14.2. The van der Waals surface area contributed by atoms with E-state index in [-0.39, 0.29) is 16.8 Å². The zero-order valence-electron chi connectivity index (χ0n) is 17.6. The number of nitrogens with zero attached hydrogens (tertiary/aromatic N) is 4. The highest BCUT2D eigenvalue weighted by Gasteiger charge is 2.18. The van der Waals surface area contributed by atoms with Crippen LogP contribution < -0.4 is 10.9 Å². The van der Waals surface area contributed by atoms with Gasteiger partial charge in [0, 0.05) is 28.8 Å². The Morgan fingerprint density at radius 2 is 1.79 bits per heavy atom. The Balaban J connectivity index is 1.55. The molecule has 0 aliphatic heterocycles. The number of hydrogen-bond donors (Lipinski definition) is 4. The average Bonchev–Trinajstić information content (AvgIpc) is 3.47. The van der Waals surface area contributed by atoms with Crippen molar-refractivity contribution in [3.05, 3.63) is 82.8 Å². The van der Waals surface area contributed by atoms with Crippen LogP contribution in [0, 0.1) is 0 Å². The molecule has 2 aromatic carbocycles. The molecule has 0 spiro atoms. The minimum atomic E-state index is -0.850. The molecule has 4 aromatic heterocycles. The molecule has 34 heavy (non-hydrogen) atoms. The quantitative estimate of drug-likeness (QED) is 0.306. The van der Waals surface area contributed by atoms with Crippen LogP contribution in [0.2, 0.25) is 0 Å². The van der Waals surface area contributed by atoms with Crippen LogP contribution in [0.4, 0.5) is 16.0 Å². The van der Waals surface area contributed by atoms with Crippen molar-refractivity contribution in [3.8, 4) is 22.8 Å². The molecule has 6 rings (SSSR count). The highest BCUT2D eigenvalue weighted by molar-refractivity contribution is 5.91. The molecule has 0 amide bonds. The van der Waals surface area contributed by atoms with Crippen molar-refractivity contribution in [1.29, 1.82) is 0 Å². The molecule has 0 aliphatic carbocycles. The lowest BCUT2D eigenvalue weighted by molar-refractivity contribution is 0.488. The molecule has 0 saturated carbocycles. The van der Waals surface area contributed by atoms with E-state index in [9.17, 15) is 9.18 Å². The molecule has 10 heteroatoms. The first-order valence-electron chi connectivity index (χ1n) is 10.5. The summed E-state index contributed by atoms with van der Waals surface area (Å²) in [6.07, 6.45) is 1.67. The maximum Gasteiger partial charge on any atom is 0.272 e. The predicted molar refractivity (Wildman–Crippen MR) is 127 cm³/mol. The van der Waals surface area contributed by atoms with E-state index in [0.717, 1.165) is 10.9 Å². The normalized spacial score (nSPS) is 11.3. The highest BCUT2D eigenvalue weighted by atomic mass is 19.1. The third-order valence-electron chi connectivity index (χ3n) is 5.60. The lowest BCUT2D eigenvalue weighted by Gasteiger charge is -2.11. The van der Waals surface area contributed by atoms with E-state index in [1.807, 2.05) is 42.5 Å². The Bertz CT molecular complexity index is 1700. The van der Waals surface area contributed by atoms with Crippen LogP contribution in [0.1, 0.15) is 5.56 Å². The maximum absolute atomic E-state index is 14.2. The summed E-state index contributed by atoms with van der Waals surface area (Å²) in [5, 5.41) is 17.0. The highest BCUT2D eigenvalue weighted by Crippen LogP contribution is 2.31. The maximum atomic E-state index is 14.2. The lowest BCUT2D eigenvalue weighted by Crippen LogP contribution is -2.04. The Labute approximate surface area is 191 Å². The van der Waals surface area contributed by atoms with Crippen molar-refractivity contribution in [3.63, 3.8) is 0 Å². The largest absolute Gasteiger partial charge is 0.323 e. The lowest BCUT2D eigenvalue weighted by atomic mass is 10.0. The number of aromatic nitrogens is 7. The van der Waals surface area contributed by atoms with Gasteiger partial charge in [0.05, 0.1) is 27.8 Å². The number of fused-ring (bicyclic) bond motifs is 2. The molecule has 6 aromatic rings. The first-order chi connectivity index (χ1) is 16.7. The minimum Gasteiger partial charge on any atom is -0.323 e. The first kappa shape index (κ1) is 19.8. The summed E-state index contributed by atoms with van der Waals surface area (Å²) in [6, 6.07) is 18.4. The Morgan fingerprint density at radius 1 is 0.912 bits per heavy atom. The zero-order chi connectivity index (χ0) is 23.1. The monoisotopic (exact) mass is 452 g/mol. The number of alkyl halides is 1.